The Bertz CT molecular complexity index is 471. The average Bonchev–Trinajstić information content (AvgIpc) is 2.62. The number of nitrogens with zero attached hydrogens (tertiary/aromatic N) is 4. The molecule has 0 aromatic carbocycles. The van der Waals surface area contributed by atoms with Gasteiger partial charge in [-0.05, 0) is 0 Å². The van der Waals surface area contributed by atoms with Crippen molar-refractivity contribution in [2.45, 2.75) is 0 Å². The van der Waals surface area contributed by atoms with Crippen molar-refractivity contribution >= 4 is 19.4 Å². The highest BCUT2D eigenvalue weighted by Gasteiger charge is 2.06. The van der Waals surface area contributed by atoms with E-state index in [2.05, 4.69) is 25.5 Å². The Morgan fingerprint density at radius 1 is 1.50 bits per heavy atom. The van der Waals surface area contributed by atoms with Crippen molar-refractivity contribution < 1.29 is 13.8 Å². The summed E-state index contributed by atoms with van der Waals surface area (Å²) in [5.41, 5.74) is 0.926. The van der Waals surface area contributed by atoms with Crippen LogP contribution in [0.3, 0.4) is 0 Å². The van der Waals surface area contributed by atoms with Crippen molar-refractivity contribution in [3.63, 3.8) is 0 Å². The molecule has 0 saturated heterocycles. The summed E-state index contributed by atoms with van der Waals surface area (Å²) in [4.78, 5) is 11.5. The third-order valence-corrected chi connectivity index (χ3v) is 1.99. The van der Waals surface area contributed by atoms with Crippen molar-refractivity contribution in [3.05, 3.63) is 18.9 Å². The molecule has 1 atom stereocenters. The van der Waals surface area contributed by atoms with Gasteiger partial charge < -0.3 is 4.62 Å². The van der Waals surface area contributed by atoms with Crippen LogP contribution in [0.15, 0.2) is 18.9 Å². The second kappa shape index (κ2) is 3.70. The zero-order chi connectivity index (χ0) is 9.97. The Morgan fingerprint density at radius 3 is 3.14 bits per heavy atom. The van der Waals surface area contributed by atoms with Gasteiger partial charge in [-0.15, -0.1) is 4.73 Å². The van der Waals surface area contributed by atoms with Crippen molar-refractivity contribution in [1.29, 1.82) is 0 Å². The second-order valence-electron chi connectivity index (χ2n) is 2.26. The molecular formula is C5H6N5O3P. The van der Waals surface area contributed by atoms with E-state index in [9.17, 15) is 4.57 Å². The molecule has 0 bridgehead atoms. The third-order valence-electron chi connectivity index (χ3n) is 1.45. The van der Waals surface area contributed by atoms with Gasteiger partial charge in [0.1, 0.15) is 18.2 Å². The Kier molecular flexibility index (Phi) is 2.40. The van der Waals surface area contributed by atoms with Crippen LogP contribution in [-0.2, 0) is 9.19 Å². The summed E-state index contributed by atoms with van der Waals surface area (Å²) in [6.45, 7) is 0. The SMILES string of the molecule is NO[PH](=O)On1cnc2cncnc21. The molecule has 2 aromatic rings. The molecule has 0 spiro atoms. The van der Waals surface area contributed by atoms with Gasteiger partial charge in [0.05, 0.1) is 6.20 Å². The van der Waals surface area contributed by atoms with E-state index >= 15 is 0 Å². The lowest BCUT2D eigenvalue weighted by atomic mass is 10.6. The summed E-state index contributed by atoms with van der Waals surface area (Å²) < 4.78 is 20.7. The van der Waals surface area contributed by atoms with E-state index in [1.54, 1.807) is 0 Å². The standard InChI is InChI=1S/C5H6N5O3P/c6-12-14(11)13-10-3-9-4-1-7-2-8-5(4)10/h1-3,14H,6H2. The molecule has 8 nitrogen and oxygen atoms in total. The molecule has 2 heterocycles. The zero-order valence-corrected chi connectivity index (χ0v) is 7.82. The summed E-state index contributed by atoms with van der Waals surface area (Å²) in [7, 11) is -2.75. The molecule has 1 unspecified atom stereocenters. The van der Waals surface area contributed by atoms with Gasteiger partial charge >= 0.3 is 8.25 Å². The quantitative estimate of drug-likeness (QED) is 0.545. The van der Waals surface area contributed by atoms with E-state index in [1.165, 1.54) is 18.9 Å². The number of hydrogen-bond donors (Lipinski definition) is 1. The molecule has 2 rings (SSSR count). The Hall–Kier alpha value is -1.50. The molecule has 14 heavy (non-hydrogen) atoms. The van der Waals surface area contributed by atoms with Crippen molar-refractivity contribution in [2.24, 2.45) is 5.90 Å². The molecular weight excluding hydrogens is 209 g/mol. The minimum atomic E-state index is -2.75. The van der Waals surface area contributed by atoms with Crippen LogP contribution >= 0.6 is 8.25 Å². The van der Waals surface area contributed by atoms with Crippen LogP contribution in [0, 0.1) is 0 Å². The molecule has 2 N–H and O–H groups in total. The van der Waals surface area contributed by atoms with E-state index < -0.39 is 8.25 Å². The minimum Gasteiger partial charge on any atom is -0.330 e. The number of rotatable bonds is 3. The summed E-state index contributed by atoms with van der Waals surface area (Å²) >= 11 is 0. The molecule has 0 aliphatic heterocycles. The van der Waals surface area contributed by atoms with Crippen molar-refractivity contribution in [1.82, 2.24) is 19.7 Å². The fourth-order valence-corrected chi connectivity index (χ4v) is 1.25. The maximum absolute atomic E-state index is 10.8. The number of hydrogen-bond acceptors (Lipinski definition) is 7. The Labute approximate surface area is 78.5 Å². The molecule has 0 aliphatic rings. The highest BCUT2D eigenvalue weighted by atomic mass is 31.1. The molecule has 0 radical (unpaired) electrons. The molecule has 74 valence electrons. The van der Waals surface area contributed by atoms with Crippen LogP contribution < -0.4 is 10.5 Å². The second-order valence-corrected chi connectivity index (χ2v) is 3.18. The van der Waals surface area contributed by atoms with Gasteiger partial charge in [0.25, 0.3) is 0 Å². The maximum atomic E-state index is 10.8. The van der Waals surface area contributed by atoms with Crippen LogP contribution in [0.25, 0.3) is 11.2 Å². The fraction of sp³-hybridized carbons (Fsp3) is 0. The lowest BCUT2D eigenvalue weighted by molar-refractivity contribution is 0.216. The van der Waals surface area contributed by atoms with Crippen LogP contribution in [0.4, 0.5) is 0 Å². The van der Waals surface area contributed by atoms with Gasteiger partial charge in [0.15, 0.2) is 5.65 Å². The molecule has 9 heteroatoms. The normalized spacial score (nSPS) is 12.9. The lowest BCUT2D eigenvalue weighted by Gasteiger charge is -2.02. The predicted molar refractivity (Wildman–Crippen MR) is 46.2 cm³/mol. The van der Waals surface area contributed by atoms with Crippen LogP contribution in [-0.4, -0.2) is 19.7 Å². The summed E-state index contributed by atoms with van der Waals surface area (Å²) in [6, 6.07) is 0. The molecule has 0 amide bonds. The summed E-state index contributed by atoms with van der Waals surface area (Å²) in [5.74, 6) is 4.67. The van der Waals surface area contributed by atoms with Gasteiger partial charge in [0, 0.05) is 0 Å². The van der Waals surface area contributed by atoms with Gasteiger partial charge in [-0.25, -0.2) is 30.0 Å². The average molecular weight is 215 g/mol. The Balaban J connectivity index is 2.38. The first kappa shape index (κ1) is 9.07. The fourth-order valence-electron chi connectivity index (χ4n) is 0.915. The minimum absolute atomic E-state index is 0.399. The van der Waals surface area contributed by atoms with Crippen molar-refractivity contribution in [3.8, 4) is 0 Å². The van der Waals surface area contributed by atoms with Gasteiger partial charge in [0.2, 0.25) is 0 Å². The predicted octanol–water partition coefficient (Wildman–Crippen LogP) is -0.465. The first-order chi connectivity index (χ1) is 6.81. The monoisotopic (exact) mass is 215 g/mol. The number of imidazole rings is 1. The molecule has 0 saturated carbocycles. The van der Waals surface area contributed by atoms with E-state index in [0.29, 0.717) is 11.2 Å². The topological polar surface area (TPSA) is 105 Å². The van der Waals surface area contributed by atoms with Gasteiger partial charge in [-0.1, -0.05) is 0 Å². The van der Waals surface area contributed by atoms with E-state index in [4.69, 9.17) is 4.62 Å². The molecule has 0 aliphatic carbocycles. The van der Waals surface area contributed by atoms with Crippen molar-refractivity contribution in [2.75, 3.05) is 0 Å². The summed E-state index contributed by atoms with van der Waals surface area (Å²) in [6.07, 6.45) is 4.13. The number of fused-ring (bicyclic) bond motifs is 1. The van der Waals surface area contributed by atoms with E-state index in [-0.39, 0.29) is 0 Å². The van der Waals surface area contributed by atoms with Gasteiger partial charge in [-0.3, -0.25) is 0 Å². The van der Waals surface area contributed by atoms with Crippen LogP contribution in [0.5, 0.6) is 0 Å². The number of nitrogens with two attached hydrogens (primary N) is 1. The van der Waals surface area contributed by atoms with E-state index in [1.807, 2.05) is 0 Å². The largest absolute Gasteiger partial charge is 0.402 e. The maximum Gasteiger partial charge on any atom is 0.402 e. The highest BCUT2D eigenvalue weighted by Crippen LogP contribution is 2.17. The smallest absolute Gasteiger partial charge is 0.330 e. The lowest BCUT2D eigenvalue weighted by Crippen LogP contribution is -2.05. The third kappa shape index (κ3) is 1.58. The van der Waals surface area contributed by atoms with Crippen LogP contribution in [0.2, 0.25) is 0 Å². The number of aromatic nitrogens is 4. The first-order valence-electron chi connectivity index (χ1n) is 3.53. The zero-order valence-electron chi connectivity index (χ0n) is 6.82. The summed E-state index contributed by atoms with van der Waals surface area (Å²) in [5, 5.41) is 0. The Morgan fingerprint density at radius 2 is 2.36 bits per heavy atom. The van der Waals surface area contributed by atoms with Crippen LogP contribution in [0.1, 0.15) is 0 Å². The molecule has 2 aromatic heterocycles. The highest BCUT2D eigenvalue weighted by molar-refractivity contribution is 7.33. The van der Waals surface area contributed by atoms with Gasteiger partial charge in [-0.2, -0.15) is 0 Å². The van der Waals surface area contributed by atoms with E-state index in [0.717, 1.165) is 4.73 Å². The molecule has 0 fully saturated rings. The first-order valence-corrected chi connectivity index (χ1v) is 4.76.